The van der Waals surface area contributed by atoms with Gasteiger partial charge in [-0.1, -0.05) is 18.2 Å². The Balaban J connectivity index is 1.52. The largest absolute Gasteiger partial charge is 0.504 e. The van der Waals surface area contributed by atoms with Crippen LogP contribution in [-0.4, -0.2) is 52.9 Å². The third kappa shape index (κ3) is 5.97. The number of hydrogen-bond donors (Lipinski definition) is 4. The van der Waals surface area contributed by atoms with Gasteiger partial charge in [-0.25, -0.2) is 4.68 Å². The number of carbonyl (C=O) groups excluding carboxylic acids is 3. The molecule has 0 spiro atoms. The molecule has 0 bridgehead atoms. The second kappa shape index (κ2) is 10.8. The summed E-state index contributed by atoms with van der Waals surface area (Å²) >= 11 is 0. The fourth-order valence-electron chi connectivity index (χ4n) is 2.73. The number of halogens is 2. The van der Waals surface area contributed by atoms with E-state index >= 15 is 0 Å². The van der Waals surface area contributed by atoms with Gasteiger partial charge in [-0.15, -0.1) is 0 Å². The van der Waals surface area contributed by atoms with Gasteiger partial charge in [-0.3, -0.25) is 25.2 Å². The average molecular weight is 475 g/mol. The Labute approximate surface area is 191 Å². The lowest BCUT2D eigenvalue weighted by molar-refractivity contribution is -0.120. The molecule has 0 saturated carbocycles. The van der Waals surface area contributed by atoms with E-state index in [-0.39, 0.29) is 22.8 Å². The molecule has 3 rings (SSSR count). The van der Waals surface area contributed by atoms with Crippen LogP contribution < -0.4 is 25.6 Å². The fraction of sp³-hybridized carbons (Fsp3) is 0.143. The van der Waals surface area contributed by atoms with Gasteiger partial charge in [0.05, 0.1) is 25.5 Å². The lowest BCUT2D eigenvalue weighted by atomic mass is 10.2. The van der Waals surface area contributed by atoms with Crippen LogP contribution in [0.25, 0.3) is 5.69 Å². The fourth-order valence-corrected chi connectivity index (χ4v) is 2.73. The van der Waals surface area contributed by atoms with Crippen molar-refractivity contribution in [1.29, 1.82) is 0 Å². The Morgan fingerprint density at radius 3 is 2.47 bits per heavy atom. The molecule has 0 saturated heterocycles. The number of rotatable bonds is 8. The maximum atomic E-state index is 12.4. The molecule has 1 aromatic heterocycles. The van der Waals surface area contributed by atoms with Crippen molar-refractivity contribution >= 4 is 17.7 Å². The van der Waals surface area contributed by atoms with Gasteiger partial charge in [-0.2, -0.15) is 13.9 Å². The summed E-state index contributed by atoms with van der Waals surface area (Å²) in [5, 5.41) is 16.2. The van der Waals surface area contributed by atoms with Gasteiger partial charge in [0.15, 0.2) is 22.9 Å². The summed E-state index contributed by atoms with van der Waals surface area (Å²) in [6.07, 6.45) is 1.23. The molecule has 0 unspecified atom stereocenters. The molecule has 0 fully saturated rings. The van der Waals surface area contributed by atoms with E-state index in [0.29, 0.717) is 5.69 Å². The van der Waals surface area contributed by atoms with Crippen LogP contribution in [0.15, 0.2) is 54.7 Å². The molecule has 11 nitrogen and oxygen atoms in total. The van der Waals surface area contributed by atoms with Crippen molar-refractivity contribution < 1.29 is 37.7 Å². The molecular formula is C21H19F2N5O6. The van der Waals surface area contributed by atoms with E-state index in [1.165, 1.54) is 30.1 Å². The van der Waals surface area contributed by atoms with Crippen molar-refractivity contribution in [3.63, 3.8) is 0 Å². The highest BCUT2D eigenvalue weighted by molar-refractivity contribution is 5.98. The maximum absolute atomic E-state index is 12.4. The number of benzene rings is 2. The molecule has 0 aliphatic carbocycles. The number of hydrazine groups is 1. The van der Waals surface area contributed by atoms with Gasteiger partial charge in [-0.05, 0) is 30.3 Å². The topological polar surface area (TPSA) is 144 Å². The molecule has 4 N–H and O–H groups in total. The minimum atomic E-state index is -3.07. The highest BCUT2D eigenvalue weighted by atomic mass is 19.3. The van der Waals surface area contributed by atoms with Crippen molar-refractivity contribution in [3.05, 3.63) is 66.0 Å². The van der Waals surface area contributed by atoms with Crippen LogP contribution in [0, 0.1) is 0 Å². The second-order valence-electron chi connectivity index (χ2n) is 6.57. The minimum absolute atomic E-state index is 0.0201. The molecule has 0 aliphatic heterocycles. The van der Waals surface area contributed by atoms with Gasteiger partial charge in [0.25, 0.3) is 17.7 Å². The summed E-state index contributed by atoms with van der Waals surface area (Å²) in [5.74, 6) is -3.13. The molecule has 0 aliphatic rings. The molecular weight excluding hydrogens is 456 g/mol. The average Bonchev–Trinajstić information content (AvgIpc) is 3.23. The first-order valence-electron chi connectivity index (χ1n) is 9.62. The van der Waals surface area contributed by atoms with Crippen molar-refractivity contribution in [2.24, 2.45) is 0 Å². The Kier molecular flexibility index (Phi) is 7.59. The Morgan fingerprint density at radius 2 is 1.79 bits per heavy atom. The number of aromatic hydroxyl groups is 1. The molecule has 34 heavy (non-hydrogen) atoms. The highest BCUT2D eigenvalue weighted by Crippen LogP contribution is 2.29. The zero-order valence-electron chi connectivity index (χ0n) is 17.6. The lowest BCUT2D eigenvalue weighted by Crippen LogP contribution is -2.46. The second-order valence-corrected chi connectivity index (χ2v) is 6.57. The van der Waals surface area contributed by atoms with Crippen LogP contribution in [0.5, 0.6) is 17.2 Å². The van der Waals surface area contributed by atoms with Crippen LogP contribution in [-0.2, 0) is 4.79 Å². The number of ether oxygens (including phenoxy) is 2. The first kappa shape index (κ1) is 24.0. The zero-order chi connectivity index (χ0) is 24.7. The van der Waals surface area contributed by atoms with E-state index in [1.54, 1.807) is 30.3 Å². The summed E-state index contributed by atoms with van der Waals surface area (Å²) in [6.45, 7) is -3.59. The van der Waals surface area contributed by atoms with E-state index in [2.05, 4.69) is 26.0 Å². The number of nitrogens with zero attached hydrogens (tertiary/aromatic N) is 2. The third-order valence-corrected chi connectivity index (χ3v) is 4.30. The highest BCUT2D eigenvalue weighted by Gasteiger charge is 2.18. The first-order valence-corrected chi connectivity index (χ1v) is 9.62. The Bertz CT molecular complexity index is 1190. The standard InChI is InChI=1S/C21H19F2N5O6/c1-33-16-9-12(7-8-15(16)34-21(22)23)19(31)24-10-17(30)25-26-20(32)18-14(29)11-28(27-18)13-5-3-2-4-6-13/h2-9,11,21,29H,10H2,1H3,(H,24,31)(H,25,30)(H,26,32). The van der Waals surface area contributed by atoms with Gasteiger partial charge in [0.2, 0.25) is 0 Å². The number of alkyl halides is 2. The zero-order valence-corrected chi connectivity index (χ0v) is 17.6. The minimum Gasteiger partial charge on any atom is -0.504 e. The van der Waals surface area contributed by atoms with E-state index in [4.69, 9.17) is 4.74 Å². The van der Waals surface area contributed by atoms with Crippen molar-refractivity contribution in [3.8, 4) is 22.9 Å². The molecule has 2 aromatic carbocycles. The lowest BCUT2D eigenvalue weighted by Gasteiger charge is -2.11. The van der Waals surface area contributed by atoms with E-state index in [0.717, 1.165) is 6.07 Å². The number of methoxy groups -OCH3 is 1. The van der Waals surface area contributed by atoms with Gasteiger partial charge >= 0.3 is 6.61 Å². The summed E-state index contributed by atoms with van der Waals surface area (Å²) in [4.78, 5) is 36.4. The monoisotopic (exact) mass is 475 g/mol. The quantitative estimate of drug-likeness (QED) is 0.360. The summed E-state index contributed by atoms with van der Waals surface area (Å²) < 4.78 is 35.3. The maximum Gasteiger partial charge on any atom is 0.387 e. The summed E-state index contributed by atoms with van der Waals surface area (Å²) in [7, 11) is 1.21. The molecule has 0 radical (unpaired) electrons. The van der Waals surface area contributed by atoms with Crippen molar-refractivity contribution in [2.75, 3.05) is 13.7 Å². The SMILES string of the molecule is COc1cc(C(=O)NCC(=O)NNC(=O)c2nn(-c3ccccc3)cc2O)ccc1OC(F)F. The normalized spacial score (nSPS) is 10.5. The van der Waals surface area contributed by atoms with Crippen LogP contribution in [0.2, 0.25) is 0 Å². The predicted octanol–water partition coefficient (Wildman–Crippen LogP) is 1.38. The van der Waals surface area contributed by atoms with Crippen LogP contribution >= 0.6 is 0 Å². The molecule has 3 amide bonds. The van der Waals surface area contributed by atoms with Crippen LogP contribution in [0.4, 0.5) is 8.78 Å². The van der Waals surface area contributed by atoms with E-state index in [1.807, 2.05) is 0 Å². The Morgan fingerprint density at radius 1 is 1.06 bits per heavy atom. The van der Waals surface area contributed by atoms with E-state index < -0.39 is 36.6 Å². The Hall–Kier alpha value is -4.68. The van der Waals surface area contributed by atoms with Crippen molar-refractivity contribution in [1.82, 2.24) is 25.9 Å². The van der Waals surface area contributed by atoms with E-state index in [9.17, 15) is 28.3 Å². The third-order valence-electron chi connectivity index (χ3n) is 4.30. The van der Waals surface area contributed by atoms with Crippen LogP contribution in [0.1, 0.15) is 20.8 Å². The molecule has 3 aromatic rings. The molecule has 178 valence electrons. The first-order chi connectivity index (χ1) is 16.3. The van der Waals surface area contributed by atoms with Crippen LogP contribution in [0.3, 0.4) is 0 Å². The number of hydrogen-bond acceptors (Lipinski definition) is 7. The predicted molar refractivity (Wildman–Crippen MR) is 113 cm³/mol. The van der Waals surface area contributed by atoms with Crippen molar-refractivity contribution in [2.45, 2.75) is 6.61 Å². The number of nitrogens with one attached hydrogen (secondary N) is 3. The summed E-state index contributed by atoms with van der Waals surface area (Å²) in [6, 6.07) is 12.2. The van der Waals surface area contributed by atoms with Gasteiger partial charge in [0.1, 0.15) is 0 Å². The molecule has 1 heterocycles. The van der Waals surface area contributed by atoms with Gasteiger partial charge in [0, 0.05) is 5.56 Å². The molecule has 0 atom stereocenters. The summed E-state index contributed by atoms with van der Waals surface area (Å²) in [5.41, 5.74) is 4.45. The number of aromatic nitrogens is 2. The number of carbonyl (C=O) groups is 3. The number of para-hydroxylation sites is 1. The smallest absolute Gasteiger partial charge is 0.387 e. The number of amides is 3. The molecule has 13 heteroatoms. The van der Waals surface area contributed by atoms with Gasteiger partial charge < -0.3 is 19.9 Å².